The monoisotopic (exact) mass is 419 g/mol. The van der Waals surface area contributed by atoms with E-state index in [1.54, 1.807) is 0 Å². The highest BCUT2D eigenvalue weighted by Gasteiger charge is 2.60. The fourth-order valence-corrected chi connectivity index (χ4v) is 5.36. The predicted molar refractivity (Wildman–Crippen MR) is 117 cm³/mol. The summed E-state index contributed by atoms with van der Waals surface area (Å²) in [7, 11) is 0. The van der Waals surface area contributed by atoms with Crippen molar-refractivity contribution >= 4 is 11.8 Å². The van der Waals surface area contributed by atoms with Crippen molar-refractivity contribution in [3.05, 3.63) is 71.8 Å². The first-order valence-electron chi connectivity index (χ1n) is 11.3. The van der Waals surface area contributed by atoms with Gasteiger partial charge in [0.1, 0.15) is 6.04 Å². The lowest BCUT2D eigenvalue weighted by Gasteiger charge is -2.45. The van der Waals surface area contributed by atoms with Gasteiger partial charge in [-0.25, -0.2) is 4.90 Å². The number of piperazine rings is 1. The number of nitrogens with one attached hydrogen (secondary N) is 2. The molecule has 6 heteroatoms. The zero-order valence-electron chi connectivity index (χ0n) is 17.6. The number of hydrogen-bond donors (Lipinski definition) is 2. The van der Waals surface area contributed by atoms with Crippen LogP contribution in [0.1, 0.15) is 30.4 Å². The molecule has 2 aromatic rings. The highest BCUT2D eigenvalue weighted by molar-refractivity contribution is 5.88. The summed E-state index contributed by atoms with van der Waals surface area (Å²) in [4.78, 5) is 28.8. The smallest absolute Gasteiger partial charge is 0.327 e. The van der Waals surface area contributed by atoms with Crippen molar-refractivity contribution in [2.75, 3.05) is 26.2 Å². The van der Waals surface area contributed by atoms with Crippen LogP contribution in [0.3, 0.4) is 0 Å². The molecule has 3 aliphatic heterocycles. The van der Waals surface area contributed by atoms with Gasteiger partial charge in [0.25, 0.3) is 0 Å². The number of piperidine rings is 1. The van der Waals surface area contributed by atoms with Crippen LogP contribution in [-0.4, -0.2) is 54.9 Å². The molecule has 3 aliphatic rings. The van der Waals surface area contributed by atoms with E-state index < -0.39 is 17.8 Å². The summed E-state index contributed by atoms with van der Waals surface area (Å²) in [5.41, 5.74) is 0.651. The second kappa shape index (κ2) is 8.54. The number of ether oxygens (including phenoxy) is 1. The number of carbonyl (C=O) groups is 2. The molecular weight excluding hydrogens is 390 g/mol. The van der Waals surface area contributed by atoms with Crippen molar-refractivity contribution < 1.29 is 14.3 Å². The number of cyclic esters (lactones) is 1. The van der Waals surface area contributed by atoms with Crippen molar-refractivity contribution in [2.24, 2.45) is 5.92 Å². The van der Waals surface area contributed by atoms with E-state index in [9.17, 15) is 9.59 Å². The number of rotatable bonds is 5. The summed E-state index contributed by atoms with van der Waals surface area (Å²) in [6.07, 6.45) is 2.59. The predicted octanol–water partition coefficient (Wildman–Crippen LogP) is 2.05. The number of esters is 1. The molecule has 0 bridgehead atoms. The number of nitrogens with zero attached hydrogens (tertiary/aromatic N) is 1. The van der Waals surface area contributed by atoms with Gasteiger partial charge in [-0.1, -0.05) is 60.7 Å². The Bertz CT molecular complexity index is 888. The lowest BCUT2D eigenvalue weighted by Crippen LogP contribution is -2.64. The molecule has 2 unspecified atom stereocenters. The van der Waals surface area contributed by atoms with Gasteiger partial charge in [-0.15, -0.1) is 0 Å². The maximum Gasteiger partial charge on any atom is 0.327 e. The fourth-order valence-electron chi connectivity index (χ4n) is 5.36. The van der Waals surface area contributed by atoms with E-state index in [4.69, 9.17) is 4.74 Å². The molecule has 162 valence electrons. The maximum absolute atomic E-state index is 13.6. The lowest BCUT2D eigenvalue weighted by atomic mass is 9.86. The van der Waals surface area contributed by atoms with Crippen molar-refractivity contribution in [2.45, 2.75) is 37.1 Å². The van der Waals surface area contributed by atoms with Crippen LogP contribution >= 0.6 is 0 Å². The molecular formula is C25H29N3O3. The van der Waals surface area contributed by atoms with Gasteiger partial charge in [-0.3, -0.25) is 9.59 Å². The van der Waals surface area contributed by atoms with Crippen molar-refractivity contribution in [3.63, 3.8) is 0 Å². The van der Waals surface area contributed by atoms with E-state index >= 15 is 0 Å². The van der Waals surface area contributed by atoms with Crippen LogP contribution in [0.5, 0.6) is 0 Å². The van der Waals surface area contributed by atoms with Gasteiger partial charge in [0.15, 0.2) is 5.78 Å². The topological polar surface area (TPSA) is 70.7 Å². The van der Waals surface area contributed by atoms with Crippen LogP contribution in [0.2, 0.25) is 0 Å². The molecule has 2 N–H and O–H groups in total. The molecule has 5 rings (SSSR count). The zero-order valence-corrected chi connectivity index (χ0v) is 17.6. The number of hydrogen-bond acceptors (Lipinski definition) is 6. The maximum atomic E-state index is 13.6. The molecule has 0 saturated carbocycles. The third-order valence-electron chi connectivity index (χ3n) is 6.88. The molecule has 31 heavy (non-hydrogen) atoms. The second-order valence-electron chi connectivity index (χ2n) is 8.76. The Hall–Kier alpha value is -2.54. The highest BCUT2D eigenvalue weighted by Crippen LogP contribution is 2.46. The molecule has 0 amide bonds. The molecule has 0 aromatic heterocycles. The summed E-state index contributed by atoms with van der Waals surface area (Å²) in [5.74, 6) is 0.314. The van der Waals surface area contributed by atoms with Gasteiger partial charge in [0.2, 0.25) is 5.72 Å². The second-order valence-corrected chi connectivity index (χ2v) is 8.76. The van der Waals surface area contributed by atoms with Crippen LogP contribution in [0.15, 0.2) is 60.7 Å². The van der Waals surface area contributed by atoms with Crippen molar-refractivity contribution in [1.82, 2.24) is 15.5 Å². The molecule has 3 fully saturated rings. The lowest BCUT2D eigenvalue weighted by molar-refractivity contribution is -0.153. The van der Waals surface area contributed by atoms with Gasteiger partial charge < -0.3 is 15.4 Å². The van der Waals surface area contributed by atoms with Crippen LogP contribution in [0.4, 0.5) is 0 Å². The summed E-state index contributed by atoms with van der Waals surface area (Å²) >= 11 is 0. The Kier molecular flexibility index (Phi) is 5.61. The quantitative estimate of drug-likeness (QED) is 0.723. The van der Waals surface area contributed by atoms with Crippen LogP contribution in [-0.2, 0) is 20.1 Å². The first kappa shape index (κ1) is 20.4. The first-order valence-corrected chi connectivity index (χ1v) is 11.3. The SMILES string of the molecule is O=C(CC1CCNCC1)C1CNCC2C(=O)OC(c3ccccc3)(c3ccccc3)N12. The first-order chi connectivity index (χ1) is 15.2. The van der Waals surface area contributed by atoms with Gasteiger partial charge in [-0.2, -0.15) is 0 Å². The molecule has 6 nitrogen and oxygen atoms in total. The molecule has 2 aromatic carbocycles. The van der Waals surface area contributed by atoms with E-state index in [-0.39, 0.29) is 11.8 Å². The molecule has 0 radical (unpaired) electrons. The number of Topliss-reactive ketones (excluding diaryl/α,β-unsaturated/α-hetero) is 1. The zero-order chi connectivity index (χ0) is 21.3. The number of ketones is 1. The van der Waals surface area contributed by atoms with E-state index in [0.29, 0.717) is 25.4 Å². The van der Waals surface area contributed by atoms with Crippen LogP contribution in [0.25, 0.3) is 0 Å². The molecule has 0 aliphatic carbocycles. The molecule has 3 saturated heterocycles. The van der Waals surface area contributed by atoms with Gasteiger partial charge in [0, 0.05) is 30.6 Å². The standard InChI is InChI=1S/C25H29N3O3/c29-23(15-18-11-13-26-14-12-18)21-16-27-17-22-24(30)31-25(28(21)22,19-7-3-1-4-8-19)20-9-5-2-6-10-20/h1-10,18,21-22,26-27H,11-17H2. The number of fused-ring (bicyclic) bond motifs is 1. The third-order valence-corrected chi connectivity index (χ3v) is 6.88. The molecule has 3 heterocycles. The summed E-state index contributed by atoms with van der Waals surface area (Å²) in [5, 5.41) is 6.69. The average Bonchev–Trinajstić information content (AvgIpc) is 3.14. The summed E-state index contributed by atoms with van der Waals surface area (Å²) in [6, 6.07) is 18.8. The summed E-state index contributed by atoms with van der Waals surface area (Å²) in [6.45, 7) is 2.94. The van der Waals surface area contributed by atoms with Gasteiger partial charge >= 0.3 is 5.97 Å². The van der Waals surface area contributed by atoms with E-state index in [0.717, 1.165) is 37.1 Å². The Morgan fingerprint density at radius 3 is 2.16 bits per heavy atom. The summed E-state index contributed by atoms with van der Waals surface area (Å²) < 4.78 is 6.22. The Labute approximate surface area is 183 Å². The fraction of sp³-hybridized carbons (Fsp3) is 0.440. The normalized spacial score (nSPS) is 26.3. The average molecular weight is 420 g/mol. The van der Waals surface area contributed by atoms with Crippen LogP contribution < -0.4 is 10.6 Å². The minimum absolute atomic E-state index is 0.193. The Morgan fingerprint density at radius 1 is 0.935 bits per heavy atom. The van der Waals surface area contributed by atoms with Gasteiger partial charge in [-0.05, 0) is 31.8 Å². The molecule has 2 atom stereocenters. The Balaban J connectivity index is 1.57. The largest absolute Gasteiger partial charge is 0.434 e. The van der Waals surface area contributed by atoms with Crippen molar-refractivity contribution in [3.8, 4) is 0 Å². The molecule has 0 spiro atoms. The minimum atomic E-state index is -1.10. The van der Waals surface area contributed by atoms with E-state index in [2.05, 4.69) is 15.5 Å². The minimum Gasteiger partial charge on any atom is -0.434 e. The highest BCUT2D eigenvalue weighted by atomic mass is 16.6. The van der Waals surface area contributed by atoms with E-state index in [1.807, 2.05) is 60.7 Å². The number of carbonyl (C=O) groups excluding carboxylic acids is 2. The number of benzene rings is 2. The van der Waals surface area contributed by atoms with Crippen molar-refractivity contribution in [1.29, 1.82) is 0 Å². The van der Waals surface area contributed by atoms with E-state index in [1.165, 1.54) is 0 Å². The van der Waals surface area contributed by atoms with Crippen LogP contribution in [0, 0.1) is 5.92 Å². The van der Waals surface area contributed by atoms with Gasteiger partial charge in [0.05, 0.1) is 6.04 Å². The third kappa shape index (κ3) is 3.59. The Morgan fingerprint density at radius 2 is 1.55 bits per heavy atom.